The molecule has 0 spiro atoms. The van der Waals surface area contributed by atoms with Gasteiger partial charge in [-0.05, 0) is 42.0 Å². The van der Waals surface area contributed by atoms with Crippen molar-refractivity contribution in [3.63, 3.8) is 0 Å². The highest BCUT2D eigenvalue weighted by Crippen LogP contribution is 2.10. The lowest BCUT2D eigenvalue weighted by molar-refractivity contribution is -0.118. The van der Waals surface area contributed by atoms with Crippen LogP contribution in [-0.4, -0.2) is 24.4 Å². The van der Waals surface area contributed by atoms with Crippen LogP contribution < -0.4 is 10.6 Å². The molecule has 0 saturated heterocycles. The Kier molecular flexibility index (Phi) is 6.77. The van der Waals surface area contributed by atoms with Crippen molar-refractivity contribution < 1.29 is 9.59 Å². The van der Waals surface area contributed by atoms with Crippen LogP contribution in [0.5, 0.6) is 0 Å². The van der Waals surface area contributed by atoms with E-state index in [4.69, 9.17) is 0 Å². The Morgan fingerprint density at radius 3 is 2.13 bits per heavy atom. The van der Waals surface area contributed by atoms with Gasteiger partial charge in [-0.15, -0.1) is 22.7 Å². The average Bonchev–Trinajstić information content (AvgIpc) is 3.22. The van der Waals surface area contributed by atoms with Crippen molar-refractivity contribution in [2.75, 3.05) is 6.54 Å². The van der Waals surface area contributed by atoms with Gasteiger partial charge in [0.2, 0.25) is 11.8 Å². The third-order valence-electron chi connectivity index (χ3n) is 2.86. The van der Waals surface area contributed by atoms with Gasteiger partial charge in [-0.3, -0.25) is 9.59 Å². The predicted octanol–water partition coefficient (Wildman–Crippen LogP) is 3.16. The molecule has 2 aromatic rings. The van der Waals surface area contributed by atoms with Crippen molar-refractivity contribution in [2.45, 2.75) is 13.0 Å². The van der Waals surface area contributed by atoms with Crippen LogP contribution in [0.4, 0.5) is 0 Å². The number of hydrogen-bond acceptors (Lipinski definition) is 4. The summed E-state index contributed by atoms with van der Waals surface area (Å²) in [4.78, 5) is 25.5. The second-order valence-corrected chi connectivity index (χ2v) is 6.81. The van der Waals surface area contributed by atoms with Crippen LogP contribution in [0.15, 0.2) is 47.2 Å². The van der Waals surface area contributed by atoms with E-state index >= 15 is 0 Å². The smallest absolute Gasteiger partial charge is 0.244 e. The maximum absolute atomic E-state index is 11.8. The van der Waals surface area contributed by atoms with Crippen molar-refractivity contribution in [3.05, 3.63) is 56.9 Å². The predicted molar refractivity (Wildman–Crippen MR) is 97.3 cm³/mol. The number of rotatable bonds is 7. The van der Waals surface area contributed by atoms with Crippen LogP contribution in [0, 0.1) is 0 Å². The van der Waals surface area contributed by atoms with Crippen LogP contribution >= 0.6 is 22.7 Å². The summed E-state index contributed by atoms with van der Waals surface area (Å²) in [5.41, 5.74) is 0. The zero-order chi connectivity index (χ0) is 16.5. The van der Waals surface area contributed by atoms with Crippen LogP contribution in [0.25, 0.3) is 12.2 Å². The Morgan fingerprint density at radius 1 is 1.04 bits per heavy atom. The zero-order valence-corrected chi connectivity index (χ0v) is 14.3. The lowest BCUT2D eigenvalue weighted by Crippen LogP contribution is -2.40. The van der Waals surface area contributed by atoms with Gasteiger partial charge in [0.05, 0.1) is 0 Å². The summed E-state index contributed by atoms with van der Waals surface area (Å²) in [6, 6.07) is 7.61. The van der Waals surface area contributed by atoms with E-state index < -0.39 is 0 Å². The van der Waals surface area contributed by atoms with Gasteiger partial charge in [0.15, 0.2) is 0 Å². The highest BCUT2D eigenvalue weighted by Gasteiger charge is 2.05. The molecule has 2 rings (SSSR count). The summed E-state index contributed by atoms with van der Waals surface area (Å²) in [5, 5.41) is 9.49. The Balaban J connectivity index is 1.69. The molecule has 0 bridgehead atoms. The molecule has 2 aromatic heterocycles. The molecule has 120 valence electrons. The van der Waals surface area contributed by atoms with E-state index in [-0.39, 0.29) is 17.9 Å². The normalized spacial score (nSPS) is 12.6. The summed E-state index contributed by atoms with van der Waals surface area (Å²) >= 11 is 3.14. The molecule has 0 aliphatic heterocycles. The Bertz CT molecular complexity index is 674. The van der Waals surface area contributed by atoms with E-state index in [1.807, 2.05) is 41.9 Å². The van der Waals surface area contributed by atoms with Crippen LogP contribution in [0.3, 0.4) is 0 Å². The minimum Gasteiger partial charge on any atom is -0.351 e. The first-order chi connectivity index (χ1) is 11.1. The highest BCUT2D eigenvalue weighted by molar-refractivity contribution is 7.11. The number of hydrogen-bond donors (Lipinski definition) is 2. The summed E-state index contributed by atoms with van der Waals surface area (Å²) in [5.74, 6) is -0.345. The average molecular weight is 346 g/mol. The molecule has 0 aromatic carbocycles. The van der Waals surface area contributed by atoms with E-state index in [1.165, 1.54) is 12.2 Å². The molecule has 0 saturated carbocycles. The number of amides is 2. The summed E-state index contributed by atoms with van der Waals surface area (Å²) in [7, 11) is 0. The number of carbonyl (C=O) groups is 2. The second-order valence-electron chi connectivity index (χ2n) is 4.85. The first-order valence-electron chi connectivity index (χ1n) is 7.15. The minimum absolute atomic E-state index is 0.144. The molecule has 0 radical (unpaired) electrons. The fraction of sp³-hybridized carbons (Fsp3) is 0.176. The molecule has 2 amide bonds. The van der Waals surface area contributed by atoms with Gasteiger partial charge >= 0.3 is 0 Å². The first kappa shape index (κ1) is 17.2. The quantitative estimate of drug-likeness (QED) is 0.757. The van der Waals surface area contributed by atoms with E-state index in [1.54, 1.807) is 34.8 Å². The van der Waals surface area contributed by atoms with Crippen molar-refractivity contribution in [2.24, 2.45) is 0 Å². The molecule has 0 aliphatic rings. The molecule has 2 N–H and O–H groups in total. The minimum atomic E-state index is -0.173. The standard InChI is InChI=1S/C17H18N2O2S2/c1-13(19-17(21)9-7-15-5-3-11-23-15)12-18-16(20)8-6-14-4-2-10-22-14/h2-11,13H,12H2,1H3,(H,18,20)(H,19,21). The third kappa shape index (κ3) is 6.63. The van der Waals surface area contributed by atoms with Crippen molar-refractivity contribution >= 4 is 46.6 Å². The van der Waals surface area contributed by atoms with Gasteiger partial charge in [-0.1, -0.05) is 12.1 Å². The van der Waals surface area contributed by atoms with Crippen LogP contribution in [0.1, 0.15) is 16.7 Å². The molecule has 0 fully saturated rings. The molecule has 4 nitrogen and oxygen atoms in total. The lowest BCUT2D eigenvalue weighted by Gasteiger charge is -2.12. The van der Waals surface area contributed by atoms with Gasteiger partial charge in [-0.2, -0.15) is 0 Å². The maximum atomic E-state index is 11.8. The largest absolute Gasteiger partial charge is 0.351 e. The van der Waals surface area contributed by atoms with Crippen LogP contribution in [0.2, 0.25) is 0 Å². The fourth-order valence-corrected chi connectivity index (χ4v) is 2.98. The topological polar surface area (TPSA) is 58.2 Å². The molecular formula is C17H18N2O2S2. The summed E-state index contributed by atoms with van der Waals surface area (Å²) in [6.45, 7) is 2.23. The second kappa shape index (κ2) is 9.07. The summed E-state index contributed by atoms with van der Waals surface area (Å²) in [6.07, 6.45) is 6.54. The van der Waals surface area contributed by atoms with Crippen molar-refractivity contribution in [3.8, 4) is 0 Å². The monoisotopic (exact) mass is 346 g/mol. The molecule has 0 aliphatic carbocycles. The van der Waals surface area contributed by atoms with E-state index in [9.17, 15) is 9.59 Å². The van der Waals surface area contributed by atoms with Crippen molar-refractivity contribution in [1.82, 2.24) is 10.6 Å². The van der Waals surface area contributed by atoms with Crippen LogP contribution in [-0.2, 0) is 9.59 Å². The molecule has 1 atom stereocenters. The van der Waals surface area contributed by atoms with Gasteiger partial charge in [-0.25, -0.2) is 0 Å². The summed E-state index contributed by atoms with van der Waals surface area (Å²) < 4.78 is 0. The van der Waals surface area contributed by atoms with Gasteiger partial charge < -0.3 is 10.6 Å². The van der Waals surface area contributed by atoms with Crippen molar-refractivity contribution in [1.29, 1.82) is 0 Å². The highest BCUT2D eigenvalue weighted by atomic mass is 32.1. The van der Waals surface area contributed by atoms with E-state index in [2.05, 4.69) is 10.6 Å². The van der Waals surface area contributed by atoms with E-state index in [0.29, 0.717) is 6.54 Å². The Labute approximate surface area is 143 Å². The van der Waals surface area contributed by atoms with E-state index in [0.717, 1.165) is 9.75 Å². The number of nitrogens with one attached hydrogen (secondary N) is 2. The lowest BCUT2D eigenvalue weighted by atomic mass is 10.3. The molecule has 6 heteroatoms. The van der Waals surface area contributed by atoms with Gasteiger partial charge in [0.25, 0.3) is 0 Å². The fourth-order valence-electron chi connectivity index (χ4n) is 1.74. The Morgan fingerprint density at radius 2 is 1.61 bits per heavy atom. The number of carbonyl (C=O) groups excluding carboxylic acids is 2. The molecular weight excluding hydrogens is 328 g/mol. The maximum Gasteiger partial charge on any atom is 0.244 e. The third-order valence-corrected chi connectivity index (χ3v) is 4.53. The molecule has 23 heavy (non-hydrogen) atoms. The van der Waals surface area contributed by atoms with Gasteiger partial charge in [0.1, 0.15) is 0 Å². The number of thiophene rings is 2. The SMILES string of the molecule is CC(CNC(=O)C=Cc1cccs1)NC(=O)C=Cc1cccs1. The first-order valence-corrected chi connectivity index (χ1v) is 8.91. The Hall–Kier alpha value is -2.18. The zero-order valence-electron chi connectivity index (χ0n) is 12.7. The molecule has 1 unspecified atom stereocenters. The van der Waals surface area contributed by atoms with Gasteiger partial charge in [0, 0.05) is 34.5 Å². The molecule has 2 heterocycles.